The highest BCUT2D eigenvalue weighted by Crippen LogP contribution is 2.47. The zero-order chi connectivity index (χ0) is 24.1. The molecular weight excluding hydrogens is 438 g/mol. The van der Waals surface area contributed by atoms with Crippen LogP contribution in [0.2, 0.25) is 0 Å². The van der Waals surface area contributed by atoms with Gasteiger partial charge in [-0.25, -0.2) is 0 Å². The van der Waals surface area contributed by atoms with Crippen LogP contribution in [-0.2, 0) is 6.42 Å². The molecule has 0 saturated carbocycles. The van der Waals surface area contributed by atoms with Crippen molar-refractivity contribution in [2.45, 2.75) is 37.4 Å². The molecule has 0 fully saturated rings. The first-order valence-corrected chi connectivity index (χ1v) is 12.9. The van der Waals surface area contributed by atoms with Crippen LogP contribution < -0.4 is 14.4 Å². The molecule has 0 amide bonds. The Morgan fingerprint density at radius 3 is 2.42 bits per heavy atom. The highest BCUT2D eigenvalue weighted by atomic mass is 15.4. The fourth-order valence-electron chi connectivity index (χ4n) is 6.55. The van der Waals surface area contributed by atoms with Crippen LogP contribution in [0.5, 0.6) is 0 Å². The summed E-state index contributed by atoms with van der Waals surface area (Å²) in [6.45, 7) is 4.79. The molecule has 0 N–H and O–H groups in total. The third-order valence-corrected chi connectivity index (χ3v) is 8.15. The standard InChI is InChI=1S/C33H30N3/c1-24-23-32-34(26-12-3-2-4-13-26)21-22-36(32)29-16-8-5-11-25(29)18-19-31-33(24)28-15-7-6-14-27(28)30-17-9-10-20-35(30)31/h2-17,20-22,31-33H,1,18-19,23H2/q+1. The molecule has 3 heteroatoms. The minimum Gasteiger partial charge on any atom is -0.325 e. The highest BCUT2D eigenvalue weighted by Gasteiger charge is 2.43. The lowest BCUT2D eigenvalue weighted by Gasteiger charge is -2.39. The lowest BCUT2D eigenvalue weighted by atomic mass is 9.75. The van der Waals surface area contributed by atoms with Crippen LogP contribution in [0.25, 0.3) is 11.3 Å². The van der Waals surface area contributed by atoms with Gasteiger partial charge in [0.15, 0.2) is 12.2 Å². The van der Waals surface area contributed by atoms with E-state index in [9.17, 15) is 0 Å². The van der Waals surface area contributed by atoms with E-state index in [-0.39, 0.29) is 12.1 Å². The van der Waals surface area contributed by atoms with Crippen LogP contribution in [0.4, 0.5) is 11.4 Å². The van der Waals surface area contributed by atoms with Crippen LogP contribution >= 0.6 is 0 Å². The molecule has 3 aliphatic rings. The van der Waals surface area contributed by atoms with Gasteiger partial charge < -0.3 is 9.80 Å². The van der Waals surface area contributed by atoms with E-state index in [0.717, 1.165) is 19.3 Å². The first-order valence-electron chi connectivity index (χ1n) is 12.9. The third kappa shape index (κ3) is 3.30. The van der Waals surface area contributed by atoms with Gasteiger partial charge in [0.25, 0.3) is 0 Å². The van der Waals surface area contributed by atoms with Crippen molar-refractivity contribution in [3.8, 4) is 11.3 Å². The maximum Gasteiger partial charge on any atom is 0.213 e. The first-order chi connectivity index (χ1) is 17.8. The molecular formula is C33H30N3+. The Morgan fingerprint density at radius 2 is 1.50 bits per heavy atom. The van der Waals surface area contributed by atoms with Gasteiger partial charge in [0, 0.05) is 48.7 Å². The summed E-state index contributed by atoms with van der Waals surface area (Å²) in [5.74, 6) is 0.270. The molecule has 0 saturated heterocycles. The number of rotatable bonds is 1. The lowest BCUT2D eigenvalue weighted by molar-refractivity contribution is -0.717. The molecule has 0 aliphatic carbocycles. The summed E-state index contributed by atoms with van der Waals surface area (Å²) in [5.41, 5.74) is 9.28. The molecule has 0 radical (unpaired) electrons. The quantitative estimate of drug-likeness (QED) is 0.220. The lowest BCUT2D eigenvalue weighted by Crippen LogP contribution is -2.49. The van der Waals surface area contributed by atoms with Crippen molar-refractivity contribution in [2.24, 2.45) is 0 Å². The van der Waals surface area contributed by atoms with E-state index in [1.165, 1.54) is 39.3 Å². The van der Waals surface area contributed by atoms with E-state index in [1.807, 2.05) is 0 Å². The predicted molar refractivity (Wildman–Crippen MR) is 147 cm³/mol. The van der Waals surface area contributed by atoms with E-state index in [2.05, 4.69) is 130 Å². The zero-order valence-electron chi connectivity index (χ0n) is 20.4. The summed E-state index contributed by atoms with van der Waals surface area (Å²) in [6, 6.07) is 35.6. The summed E-state index contributed by atoms with van der Waals surface area (Å²) >= 11 is 0. The van der Waals surface area contributed by atoms with Crippen molar-refractivity contribution in [1.29, 1.82) is 0 Å². The van der Waals surface area contributed by atoms with Crippen LogP contribution in [0.15, 0.2) is 128 Å². The Hall–Kier alpha value is -4.11. The van der Waals surface area contributed by atoms with E-state index in [4.69, 9.17) is 6.58 Å². The molecule has 3 atom stereocenters. The number of fused-ring (bicyclic) bond motifs is 9. The molecule has 176 valence electrons. The Balaban J connectivity index is 1.39. The fourth-order valence-corrected chi connectivity index (χ4v) is 6.55. The molecule has 0 bridgehead atoms. The molecule has 4 aromatic rings. The van der Waals surface area contributed by atoms with Gasteiger partial charge in [-0.1, -0.05) is 66.7 Å². The smallest absolute Gasteiger partial charge is 0.213 e. The van der Waals surface area contributed by atoms with Crippen molar-refractivity contribution in [2.75, 3.05) is 9.80 Å². The van der Waals surface area contributed by atoms with Crippen molar-refractivity contribution in [1.82, 2.24) is 0 Å². The summed E-state index contributed by atoms with van der Waals surface area (Å²) in [5, 5.41) is 0. The largest absolute Gasteiger partial charge is 0.325 e. The van der Waals surface area contributed by atoms with Gasteiger partial charge in [0.1, 0.15) is 6.17 Å². The van der Waals surface area contributed by atoms with Crippen LogP contribution in [0.3, 0.4) is 0 Å². The molecule has 3 aromatic carbocycles. The third-order valence-electron chi connectivity index (χ3n) is 8.15. The van der Waals surface area contributed by atoms with E-state index in [0.29, 0.717) is 6.04 Å². The Morgan fingerprint density at radius 1 is 0.750 bits per heavy atom. The van der Waals surface area contributed by atoms with Crippen LogP contribution in [0.1, 0.15) is 35.9 Å². The second-order valence-electron chi connectivity index (χ2n) is 10.1. The monoisotopic (exact) mass is 468 g/mol. The molecule has 1 aromatic heterocycles. The molecule has 0 spiro atoms. The van der Waals surface area contributed by atoms with Crippen LogP contribution in [0, 0.1) is 0 Å². The Kier molecular flexibility index (Phi) is 5.02. The first kappa shape index (κ1) is 21.2. The minimum absolute atomic E-state index is 0.147. The van der Waals surface area contributed by atoms with Gasteiger partial charge in [-0.05, 0) is 47.9 Å². The van der Waals surface area contributed by atoms with Crippen molar-refractivity contribution >= 4 is 11.4 Å². The van der Waals surface area contributed by atoms with Crippen molar-refractivity contribution in [3.05, 3.63) is 139 Å². The number of benzene rings is 3. The van der Waals surface area contributed by atoms with Gasteiger partial charge in [-0.15, -0.1) is 0 Å². The SMILES string of the molecule is C=C1CC2N(c3ccccc3)C=CN2c2ccccc2CCC2C1c1ccccc1-c1cccc[n+]12. The minimum atomic E-state index is 0.147. The number of nitrogens with zero attached hydrogens (tertiary/aromatic N) is 3. The maximum atomic E-state index is 4.79. The average Bonchev–Trinajstić information content (AvgIpc) is 3.35. The number of anilines is 2. The van der Waals surface area contributed by atoms with Crippen LogP contribution in [-0.4, -0.2) is 6.17 Å². The molecule has 3 aliphatic heterocycles. The number of para-hydroxylation sites is 2. The molecule has 3 nitrogen and oxygen atoms in total. The number of aromatic nitrogens is 1. The molecule has 4 heterocycles. The molecule has 7 rings (SSSR count). The summed E-state index contributed by atoms with van der Waals surface area (Å²) in [6.07, 6.45) is 9.88. The van der Waals surface area contributed by atoms with Crippen molar-refractivity contribution < 1.29 is 4.57 Å². The number of hydrogen-bond donors (Lipinski definition) is 0. The second-order valence-corrected chi connectivity index (χ2v) is 10.1. The van der Waals surface area contributed by atoms with Gasteiger partial charge in [-0.2, -0.15) is 4.57 Å². The molecule has 36 heavy (non-hydrogen) atoms. The Bertz CT molecular complexity index is 1470. The number of hydrogen-bond acceptors (Lipinski definition) is 2. The maximum absolute atomic E-state index is 4.79. The second kappa shape index (κ2) is 8.53. The van der Waals surface area contributed by atoms with Crippen molar-refractivity contribution in [3.63, 3.8) is 0 Å². The highest BCUT2D eigenvalue weighted by molar-refractivity contribution is 5.67. The topological polar surface area (TPSA) is 10.4 Å². The van der Waals surface area contributed by atoms with Gasteiger partial charge >= 0.3 is 0 Å². The average molecular weight is 469 g/mol. The van der Waals surface area contributed by atoms with E-state index >= 15 is 0 Å². The number of pyridine rings is 1. The van der Waals surface area contributed by atoms with E-state index < -0.39 is 0 Å². The summed E-state index contributed by atoms with van der Waals surface area (Å²) in [7, 11) is 0. The fraction of sp³-hybridized carbons (Fsp3) is 0.182. The molecule has 3 unspecified atom stereocenters. The van der Waals surface area contributed by atoms with E-state index in [1.54, 1.807) is 0 Å². The van der Waals surface area contributed by atoms with Gasteiger partial charge in [-0.3, -0.25) is 0 Å². The summed E-state index contributed by atoms with van der Waals surface area (Å²) in [4.78, 5) is 4.87. The normalized spacial score (nSPS) is 22.2. The predicted octanol–water partition coefficient (Wildman–Crippen LogP) is 7.00. The Labute approximate surface area is 213 Å². The number of aryl methyl sites for hydroxylation is 1. The van der Waals surface area contributed by atoms with Gasteiger partial charge in [0.2, 0.25) is 5.69 Å². The summed E-state index contributed by atoms with van der Waals surface area (Å²) < 4.78 is 2.52. The zero-order valence-corrected chi connectivity index (χ0v) is 20.4. The van der Waals surface area contributed by atoms with Gasteiger partial charge in [0.05, 0.1) is 11.5 Å².